The van der Waals surface area contributed by atoms with Crippen LogP contribution in [0.3, 0.4) is 0 Å². The third-order valence-electron chi connectivity index (χ3n) is 3.14. The second-order valence-electron chi connectivity index (χ2n) is 4.70. The zero-order valence-electron chi connectivity index (χ0n) is 12.4. The highest BCUT2D eigenvalue weighted by Gasteiger charge is 2.13. The Hall–Kier alpha value is -1.08. The highest BCUT2D eigenvalue weighted by molar-refractivity contribution is 5.91. The number of nitrogens with one attached hydrogen (secondary N) is 2. The number of carbonyl (C=O) groups excluding carboxylic acids is 1. The summed E-state index contributed by atoms with van der Waals surface area (Å²) in [6, 6.07) is 4.61. The van der Waals surface area contributed by atoms with Crippen molar-refractivity contribution in [3.8, 4) is 0 Å². The summed E-state index contributed by atoms with van der Waals surface area (Å²) >= 11 is 0. The zero-order valence-corrected chi connectivity index (χ0v) is 14.1. The number of halogens is 3. The fourth-order valence-electron chi connectivity index (χ4n) is 2.11. The van der Waals surface area contributed by atoms with E-state index in [1.807, 2.05) is 0 Å². The lowest BCUT2D eigenvalue weighted by molar-refractivity contribution is -0.116. The Morgan fingerprint density at radius 2 is 1.95 bits per heavy atom. The molecule has 1 fully saturated rings. The summed E-state index contributed by atoms with van der Waals surface area (Å²) in [5, 5.41) is 5.62. The lowest BCUT2D eigenvalue weighted by Crippen LogP contribution is -2.36. The van der Waals surface area contributed by atoms with Crippen molar-refractivity contribution in [2.45, 2.75) is 6.42 Å². The van der Waals surface area contributed by atoms with Gasteiger partial charge in [-0.2, -0.15) is 0 Å². The van der Waals surface area contributed by atoms with Crippen molar-refractivity contribution in [1.29, 1.82) is 0 Å². The third kappa shape index (κ3) is 6.36. The monoisotopic (exact) mass is 353 g/mol. The molecule has 1 amide bonds. The van der Waals surface area contributed by atoms with Crippen LogP contribution in [0.15, 0.2) is 18.2 Å². The van der Waals surface area contributed by atoms with Gasteiger partial charge in [0.05, 0.1) is 13.2 Å². The Labute approximate surface area is 142 Å². The highest BCUT2D eigenvalue weighted by Crippen LogP contribution is 2.22. The number of anilines is 2. The molecule has 0 radical (unpaired) electrons. The number of carbonyl (C=O) groups is 1. The van der Waals surface area contributed by atoms with Crippen LogP contribution in [-0.2, 0) is 9.53 Å². The SMILES string of the molecule is CNCCC(=O)Nc1cc(F)cc(N2CCOCC2)c1.Cl.Cl. The first-order chi connectivity index (χ1) is 9.69. The van der Waals surface area contributed by atoms with Gasteiger partial charge >= 0.3 is 0 Å². The number of hydrogen-bond donors (Lipinski definition) is 2. The predicted octanol–water partition coefficient (Wildman–Crippen LogP) is 2.05. The maximum absolute atomic E-state index is 13.7. The first-order valence-corrected chi connectivity index (χ1v) is 6.77. The summed E-state index contributed by atoms with van der Waals surface area (Å²) in [7, 11) is 1.78. The molecule has 1 heterocycles. The quantitative estimate of drug-likeness (QED) is 0.850. The molecule has 0 aliphatic carbocycles. The number of rotatable bonds is 5. The Bertz CT molecular complexity index is 471. The summed E-state index contributed by atoms with van der Waals surface area (Å²) in [5.41, 5.74) is 1.27. The maximum Gasteiger partial charge on any atom is 0.225 e. The summed E-state index contributed by atoms with van der Waals surface area (Å²) in [6.07, 6.45) is 0.361. The molecule has 8 heteroatoms. The van der Waals surface area contributed by atoms with E-state index in [4.69, 9.17) is 4.74 Å². The lowest BCUT2D eigenvalue weighted by atomic mass is 10.2. The molecule has 2 rings (SSSR count). The molecule has 1 aromatic rings. The van der Waals surface area contributed by atoms with Crippen molar-refractivity contribution in [3.63, 3.8) is 0 Å². The van der Waals surface area contributed by atoms with Crippen LogP contribution in [0.4, 0.5) is 15.8 Å². The minimum atomic E-state index is -0.349. The molecular formula is C14H22Cl2FN3O2. The van der Waals surface area contributed by atoms with E-state index in [0.29, 0.717) is 31.9 Å². The number of hydrogen-bond acceptors (Lipinski definition) is 4. The average Bonchev–Trinajstić information content (AvgIpc) is 2.45. The highest BCUT2D eigenvalue weighted by atomic mass is 35.5. The molecule has 1 aliphatic heterocycles. The van der Waals surface area contributed by atoms with E-state index >= 15 is 0 Å². The van der Waals surface area contributed by atoms with Crippen LogP contribution in [0, 0.1) is 5.82 Å². The summed E-state index contributed by atoms with van der Waals surface area (Å²) in [5.74, 6) is -0.476. The van der Waals surface area contributed by atoms with Crippen LogP contribution >= 0.6 is 24.8 Å². The van der Waals surface area contributed by atoms with Crippen LogP contribution in [0.25, 0.3) is 0 Å². The normalized spacial score (nSPS) is 13.8. The van der Waals surface area contributed by atoms with Crippen molar-refractivity contribution in [1.82, 2.24) is 5.32 Å². The molecule has 0 saturated carbocycles. The van der Waals surface area contributed by atoms with Gasteiger partial charge in [0.1, 0.15) is 5.82 Å². The predicted molar refractivity (Wildman–Crippen MR) is 91.1 cm³/mol. The molecule has 0 unspecified atom stereocenters. The van der Waals surface area contributed by atoms with E-state index in [1.54, 1.807) is 13.1 Å². The Morgan fingerprint density at radius 1 is 1.27 bits per heavy atom. The molecule has 5 nitrogen and oxygen atoms in total. The van der Waals surface area contributed by atoms with Crippen molar-refractivity contribution < 1.29 is 13.9 Å². The van der Waals surface area contributed by atoms with Crippen LogP contribution in [0.2, 0.25) is 0 Å². The fourth-order valence-corrected chi connectivity index (χ4v) is 2.11. The van der Waals surface area contributed by atoms with Gasteiger partial charge < -0.3 is 20.3 Å². The molecule has 1 aliphatic rings. The van der Waals surface area contributed by atoms with Crippen molar-refractivity contribution in [3.05, 3.63) is 24.0 Å². The standard InChI is InChI=1S/C14H20FN3O2.2ClH/c1-16-3-2-14(19)17-12-8-11(15)9-13(10-12)18-4-6-20-7-5-18;;/h8-10,16H,2-7H2,1H3,(H,17,19);2*1H. The third-order valence-corrected chi connectivity index (χ3v) is 3.14. The molecule has 1 aromatic carbocycles. The molecule has 22 heavy (non-hydrogen) atoms. The topological polar surface area (TPSA) is 53.6 Å². The second-order valence-corrected chi connectivity index (χ2v) is 4.70. The first-order valence-electron chi connectivity index (χ1n) is 6.77. The lowest BCUT2D eigenvalue weighted by Gasteiger charge is -2.29. The molecule has 2 N–H and O–H groups in total. The number of nitrogens with zero attached hydrogens (tertiary/aromatic N) is 1. The van der Waals surface area contributed by atoms with Gasteiger partial charge in [0.2, 0.25) is 5.91 Å². The van der Waals surface area contributed by atoms with Gasteiger partial charge in [-0.15, -0.1) is 24.8 Å². The summed E-state index contributed by atoms with van der Waals surface area (Å²) in [6.45, 7) is 3.34. The number of amides is 1. The summed E-state index contributed by atoms with van der Waals surface area (Å²) < 4.78 is 18.9. The van der Waals surface area contributed by atoms with E-state index in [2.05, 4.69) is 15.5 Å². The van der Waals surface area contributed by atoms with Crippen LogP contribution in [0.5, 0.6) is 0 Å². The smallest absolute Gasteiger partial charge is 0.225 e. The van der Waals surface area contributed by atoms with Gasteiger partial charge in [-0.1, -0.05) is 0 Å². The minimum Gasteiger partial charge on any atom is -0.378 e. The first kappa shape index (κ1) is 20.9. The van der Waals surface area contributed by atoms with E-state index in [0.717, 1.165) is 18.8 Å². The van der Waals surface area contributed by atoms with Crippen molar-refractivity contribution in [2.75, 3.05) is 50.1 Å². The van der Waals surface area contributed by atoms with Gasteiger partial charge in [0.25, 0.3) is 0 Å². The van der Waals surface area contributed by atoms with Crippen LogP contribution in [-0.4, -0.2) is 45.8 Å². The van der Waals surface area contributed by atoms with Crippen molar-refractivity contribution >= 4 is 42.1 Å². The Balaban J connectivity index is 0.00000220. The Kier molecular flexibility index (Phi) is 10.1. The molecular weight excluding hydrogens is 332 g/mol. The fraction of sp³-hybridized carbons (Fsp3) is 0.500. The van der Waals surface area contributed by atoms with E-state index < -0.39 is 0 Å². The molecule has 1 saturated heterocycles. The van der Waals surface area contributed by atoms with E-state index in [9.17, 15) is 9.18 Å². The molecule has 126 valence electrons. The molecule has 0 spiro atoms. The van der Waals surface area contributed by atoms with Crippen molar-refractivity contribution in [2.24, 2.45) is 0 Å². The van der Waals surface area contributed by atoms with E-state index in [1.165, 1.54) is 12.1 Å². The number of morpholine rings is 1. The second kappa shape index (κ2) is 10.6. The Morgan fingerprint density at radius 3 is 2.59 bits per heavy atom. The van der Waals surface area contributed by atoms with Gasteiger partial charge in [-0.05, 0) is 25.2 Å². The van der Waals surface area contributed by atoms with Crippen LogP contribution < -0.4 is 15.5 Å². The molecule has 0 atom stereocenters. The minimum absolute atomic E-state index is 0. The van der Waals surface area contributed by atoms with Crippen LogP contribution in [0.1, 0.15) is 6.42 Å². The maximum atomic E-state index is 13.7. The van der Waals surface area contributed by atoms with Gasteiger partial charge in [-0.3, -0.25) is 4.79 Å². The zero-order chi connectivity index (χ0) is 14.4. The van der Waals surface area contributed by atoms with Gasteiger partial charge in [0.15, 0.2) is 0 Å². The van der Waals surface area contributed by atoms with Gasteiger partial charge in [0, 0.05) is 37.4 Å². The average molecular weight is 354 g/mol. The largest absolute Gasteiger partial charge is 0.378 e. The van der Waals surface area contributed by atoms with Gasteiger partial charge in [-0.25, -0.2) is 4.39 Å². The number of benzene rings is 1. The number of ether oxygens (including phenoxy) is 1. The molecule has 0 aromatic heterocycles. The molecule has 0 bridgehead atoms. The van der Waals surface area contributed by atoms with E-state index in [-0.39, 0.29) is 36.5 Å². The summed E-state index contributed by atoms with van der Waals surface area (Å²) in [4.78, 5) is 13.7.